The molecule has 6 heteroatoms. The molecular formula is C21H24ClN2O3+. The number of carbonyl (C=O) groups is 1. The largest absolute Gasteiger partial charge is 0.490 e. The Hall–Kier alpha value is -2.24. The fourth-order valence-electron chi connectivity index (χ4n) is 3.90. The lowest BCUT2D eigenvalue weighted by Gasteiger charge is -2.22. The molecule has 1 unspecified atom stereocenters. The van der Waals surface area contributed by atoms with Gasteiger partial charge in [0.05, 0.1) is 19.8 Å². The fourth-order valence-corrected chi connectivity index (χ4v) is 4.09. The summed E-state index contributed by atoms with van der Waals surface area (Å²) in [5.41, 5.74) is 1.94. The van der Waals surface area contributed by atoms with E-state index in [-0.39, 0.29) is 5.91 Å². The first-order chi connectivity index (χ1) is 13.2. The van der Waals surface area contributed by atoms with E-state index >= 15 is 0 Å². The van der Waals surface area contributed by atoms with Crippen molar-refractivity contribution >= 4 is 23.2 Å². The maximum Gasteiger partial charge on any atom is 0.279 e. The van der Waals surface area contributed by atoms with Gasteiger partial charge in [-0.2, -0.15) is 0 Å². The van der Waals surface area contributed by atoms with Crippen LogP contribution < -0.4 is 19.7 Å². The second-order valence-corrected chi connectivity index (χ2v) is 7.53. The average molecular weight is 388 g/mol. The Kier molecular flexibility index (Phi) is 5.50. The molecule has 2 atom stereocenters. The Morgan fingerprint density at radius 3 is 2.81 bits per heavy atom. The van der Waals surface area contributed by atoms with Crippen molar-refractivity contribution < 1.29 is 19.2 Å². The number of hydrogen-bond acceptors (Lipinski definition) is 3. The molecule has 2 aromatic carbocycles. The van der Waals surface area contributed by atoms with Crippen LogP contribution in [0.3, 0.4) is 0 Å². The summed E-state index contributed by atoms with van der Waals surface area (Å²) >= 11 is 5.99. The van der Waals surface area contributed by atoms with Crippen LogP contribution in [0.2, 0.25) is 5.02 Å². The number of benzene rings is 2. The van der Waals surface area contributed by atoms with Crippen LogP contribution in [0.4, 0.5) is 5.69 Å². The molecular weight excluding hydrogens is 364 g/mol. The molecule has 2 aliphatic rings. The Labute approximate surface area is 164 Å². The van der Waals surface area contributed by atoms with Gasteiger partial charge in [-0.25, -0.2) is 0 Å². The van der Waals surface area contributed by atoms with Gasteiger partial charge in [0, 0.05) is 35.5 Å². The third-order valence-corrected chi connectivity index (χ3v) is 5.39. The van der Waals surface area contributed by atoms with Gasteiger partial charge in [-0.1, -0.05) is 17.7 Å². The summed E-state index contributed by atoms with van der Waals surface area (Å²) in [7, 11) is 0. The van der Waals surface area contributed by atoms with Crippen molar-refractivity contribution in [2.75, 3.05) is 31.6 Å². The van der Waals surface area contributed by atoms with Gasteiger partial charge in [0.2, 0.25) is 0 Å². The van der Waals surface area contributed by atoms with Crippen LogP contribution in [0.5, 0.6) is 11.5 Å². The maximum absolute atomic E-state index is 12.5. The summed E-state index contributed by atoms with van der Waals surface area (Å²) in [5, 5.41) is 3.57. The number of fused-ring (bicyclic) bond motifs is 1. The van der Waals surface area contributed by atoms with E-state index in [1.165, 1.54) is 10.5 Å². The highest BCUT2D eigenvalue weighted by Gasteiger charge is 2.32. The molecule has 2 N–H and O–H groups in total. The Balaban J connectivity index is 1.44. The van der Waals surface area contributed by atoms with Crippen LogP contribution in [0.1, 0.15) is 30.9 Å². The zero-order valence-corrected chi connectivity index (χ0v) is 15.9. The van der Waals surface area contributed by atoms with Gasteiger partial charge < -0.3 is 19.7 Å². The Morgan fingerprint density at radius 2 is 1.96 bits per heavy atom. The number of hydrogen-bond donors (Lipinski definition) is 2. The molecule has 2 heterocycles. The average Bonchev–Trinajstić information content (AvgIpc) is 2.97. The van der Waals surface area contributed by atoms with Gasteiger partial charge in [0.15, 0.2) is 18.0 Å². The molecule has 0 aromatic heterocycles. The summed E-state index contributed by atoms with van der Waals surface area (Å²) in [4.78, 5) is 13.8. The summed E-state index contributed by atoms with van der Waals surface area (Å²) in [6.45, 7) is 2.80. The molecule has 1 amide bonds. The zero-order valence-electron chi connectivity index (χ0n) is 15.2. The van der Waals surface area contributed by atoms with E-state index in [2.05, 4.69) is 17.4 Å². The summed E-state index contributed by atoms with van der Waals surface area (Å²) in [6.07, 6.45) is 3.08. The molecule has 2 aromatic rings. The normalized spacial score (nSPS) is 21.5. The first-order valence-corrected chi connectivity index (χ1v) is 9.86. The number of amides is 1. The van der Waals surface area contributed by atoms with Crippen LogP contribution in [0, 0.1) is 0 Å². The van der Waals surface area contributed by atoms with Gasteiger partial charge in [0.25, 0.3) is 5.91 Å². The number of halogens is 1. The number of quaternary nitrogens is 1. The van der Waals surface area contributed by atoms with Gasteiger partial charge >= 0.3 is 0 Å². The molecule has 0 saturated carbocycles. The third-order valence-electron chi connectivity index (χ3n) is 5.15. The predicted molar refractivity (Wildman–Crippen MR) is 105 cm³/mol. The molecule has 1 fully saturated rings. The standard InChI is InChI=1S/C21H23ClN2O3/c22-16-4-1-5-17(13-16)23-21(25)14-24-9-2-6-18(24)15-7-8-19-20(12-15)27-11-3-10-26-19/h1,4-5,7-8,12-13,18H,2-3,6,9-11,14H2,(H,23,25)/p+1/t18-/m0/s1. The molecule has 142 valence electrons. The van der Waals surface area contributed by atoms with E-state index in [0.29, 0.717) is 30.8 Å². The number of anilines is 1. The van der Waals surface area contributed by atoms with Gasteiger partial charge in [-0.05, 0) is 36.4 Å². The molecule has 0 bridgehead atoms. The lowest BCUT2D eigenvalue weighted by molar-refractivity contribution is -0.910. The summed E-state index contributed by atoms with van der Waals surface area (Å²) < 4.78 is 11.6. The van der Waals surface area contributed by atoms with Crippen molar-refractivity contribution in [3.05, 3.63) is 53.1 Å². The van der Waals surface area contributed by atoms with E-state index in [0.717, 1.165) is 43.0 Å². The van der Waals surface area contributed by atoms with Crippen LogP contribution in [0.15, 0.2) is 42.5 Å². The molecule has 0 aliphatic carbocycles. The molecule has 5 nitrogen and oxygen atoms in total. The Morgan fingerprint density at radius 1 is 1.11 bits per heavy atom. The number of carbonyl (C=O) groups excluding carboxylic acids is 1. The van der Waals surface area contributed by atoms with Gasteiger partial charge in [-0.15, -0.1) is 0 Å². The molecule has 27 heavy (non-hydrogen) atoms. The SMILES string of the molecule is O=C(C[NH+]1CCC[C@H]1c1ccc2c(c1)OCCCO2)Nc1cccc(Cl)c1. The topological polar surface area (TPSA) is 52.0 Å². The highest BCUT2D eigenvalue weighted by molar-refractivity contribution is 6.30. The maximum atomic E-state index is 12.5. The monoisotopic (exact) mass is 387 g/mol. The van der Waals surface area contributed by atoms with Gasteiger partial charge in [0.1, 0.15) is 6.04 Å². The zero-order chi connectivity index (χ0) is 18.6. The predicted octanol–water partition coefficient (Wildman–Crippen LogP) is 2.86. The summed E-state index contributed by atoms with van der Waals surface area (Å²) in [6, 6.07) is 13.7. The minimum Gasteiger partial charge on any atom is -0.490 e. The summed E-state index contributed by atoms with van der Waals surface area (Å²) in [5.74, 6) is 1.64. The number of ether oxygens (including phenoxy) is 2. The first-order valence-electron chi connectivity index (χ1n) is 9.48. The Bertz CT molecular complexity index is 827. The van der Waals surface area contributed by atoms with E-state index in [1.807, 2.05) is 18.2 Å². The molecule has 4 rings (SSSR count). The van der Waals surface area contributed by atoms with Crippen molar-refractivity contribution in [2.24, 2.45) is 0 Å². The highest BCUT2D eigenvalue weighted by atomic mass is 35.5. The van der Waals surface area contributed by atoms with Crippen LogP contribution in [0.25, 0.3) is 0 Å². The minimum absolute atomic E-state index is 0.00788. The van der Waals surface area contributed by atoms with Gasteiger partial charge in [-0.3, -0.25) is 4.79 Å². The minimum atomic E-state index is 0.00788. The second-order valence-electron chi connectivity index (χ2n) is 7.10. The third kappa shape index (κ3) is 4.37. The van der Waals surface area contributed by atoms with E-state index in [4.69, 9.17) is 21.1 Å². The quantitative estimate of drug-likeness (QED) is 0.848. The van der Waals surface area contributed by atoms with Crippen molar-refractivity contribution in [1.82, 2.24) is 0 Å². The van der Waals surface area contributed by atoms with Crippen LogP contribution >= 0.6 is 11.6 Å². The molecule has 0 spiro atoms. The van der Waals surface area contributed by atoms with Crippen molar-refractivity contribution in [3.63, 3.8) is 0 Å². The lowest BCUT2D eigenvalue weighted by atomic mass is 10.0. The molecule has 0 radical (unpaired) electrons. The van der Waals surface area contributed by atoms with Crippen molar-refractivity contribution in [2.45, 2.75) is 25.3 Å². The number of likely N-dealkylation sites (tertiary alicyclic amines) is 1. The molecule has 2 aliphatic heterocycles. The van der Waals surface area contributed by atoms with Crippen molar-refractivity contribution in [1.29, 1.82) is 0 Å². The highest BCUT2D eigenvalue weighted by Crippen LogP contribution is 2.33. The fraction of sp³-hybridized carbons (Fsp3) is 0.381. The van der Waals surface area contributed by atoms with E-state index < -0.39 is 0 Å². The second kappa shape index (κ2) is 8.19. The van der Waals surface area contributed by atoms with Crippen molar-refractivity contribution in [3.8, 4) is 11.5 Å². The number of nitrogens with one attached hydrogen (secondary N) is 2. The first kappa shape index (κ1) is 18.1. The smallest absolute Gasteiger partial charge is 0.279 e. The molecule has 1 saturated heterocycles. The van der Waals surface area contributed by atoms with E-state index in [1.54, 1.807) is 12.1 Å². The van der Waals surface area contributed by atoms with Crippen LogP contribution in [-0.2, 0) is 4.79 Å². The number of rotatable bonds is 4. The van der Waals surface area contributed by atoms with E-state index in [9.17, 15) is 4.79 Å². The van der Waals surface area contributed by atoms with Crippen LogP contribution in [-0.4, -0.2) is 32.2 Å². The lowest BCUT2D eigenvalue weighted by Crippen LogP contribution is -3.11.